The predicted molar refractivity (Wildman–Crippen MR) is 88.1 cm³/mol. The van der Waals surface area contributed by atoms with Crippen LogP contribution in [0.3, 0.4) is 0 Å². The maximum atomic E-state index is 13.0. The van der Waals surface area contributed by atoms with Crippen LogP contribution in [0, 0.1) is 6.92 Å². The van der Waals surface area contributed by atoms with Crippen LogP contribution in [-0.4, -0.2) is 5.78 Å². The lowest BCUT2D eigenvalue weighted by Crippen LogP contribution is -2.13. The fourth-order valence-electron chi connectivity index (χ4n) is 2.50. The molecule has 3 rings (SSSR count). The van der Waals surface area contributed by atoms with Gasteiger partial charge in [0.1, 0.15) is 0 Å². The van der Waals surface area contributed by atoms with Crippen LogP contribution in [0.5, 0.6) is 0 Å². The highest BCUT2D eigenvalue weighted by Crippen LogP contribution is 2.30. The molecular weight excluding hydrogens is 276 g/mol. The first-order valence-corrected chi connectivity index (χ1v) is 7.78. The number of aryl methyl sites for hydroxylation is 1. The number of ketones is 1. The molecule has 0 spiro atoms. The van der Waals surface area contributed by atoms with Crippen LogP contribution in [0.25, 0.3) is 0 Å². The van der Waals surface area contributed by atoms with E-state index in [1.54, 1.807) is 11.3 Å². The summed E-state index contributed by atoms with van der Waals surface area (Å²) in [6, 6.07) is 23.9. The Balaban J connectivity index is 2.07. The molecule has 0 saturated heterocycles. The lowest BCUT2D eigenvalue weighted by atomic mass is 9.87. The molecule has 0 amide bonds. The van der Waals surface area contributed by atoms with E-state index in [0.29, 0.717) is 0 Å². The quantitative estimate of drug-likeness (QED) is 0.613. The number of thiophene rings is 1. The van der Waals surface area contributed by atoms with Gasteiger partial charge in [0.2, 0.25) is 0 Å². The van der Waals surface area contributed by atoms with Gasteiger partial charge in [0, 0.05) is 4.88 Å². The first-order valence-electron chi connectivity index (χ1n) is 6.96. The second kappa shape index (κ2) is 6.06. The van der Waals surface area contributed by atoms with Crippen LogP contribution < -0.4 is 0 Å². The summed E-state index contributed by atoms with van der Waals surface area (Å²) < 4.78 is 0. The zero-order chi connectivity index (χ0) is 14.7. The first kappa shape index (κ1) is 13.8. The summed E-state index contributed by atoms with van der Waals surface area (Å²) in [5, 5.41) is 0. The van der Waals surface area contributed by atoms with Crippen molar-refractivity contribution in [3.8, 4) is 0 Å². The van der Waals surface area contributed by atoms with Crippen LogP contribution in [-0.2, 0) is 0 Å². The molecule has 3 aromatic rings. The minimum absolute atomic E-state index is 0.172. The molecule has 1 nitrogen and oxygen atoms in total. The van der Waals surface area contributed by atoms with Gasteiger partial charge < -0.3 is 0 Å². The number of hydrogen-bond acceptors (Lipinski definition) is 2. The second-order valence-corrected chi connectivity index (χ2v) is 6.32. The Morgan fingerprint density at radius 2 is 1.33 bits per heavy atom. The molecule has 0 atom stereocenters. The van der Waals surface area contributed by atoms with Crippen molar-refractivity contribution >= 4 is 17.1 Å². The SMILES string of the molecule is Cc1ccc(C(=O)C(c2ccccc2)c2ccccc2)s1. The third kappa shape index (κ3) is 2.96. The van der Waals surface area contributed by atoms with Crippen molar-refractivity contribution in [2.24, 2.45) is 0 Å². The molecule has 0 bridgehead atoms. The molecule has 0 N–H and O–H groups in total. The van der Waals surface area contributed by atoms with Crippen LogP contribution in [0.2, 0.25) is 0 Å². The van der Waals surface area contributed by atoms with Gasteiger partial charge in [-0.3, -0.25) is 4.79 Å². The van der Waals surface area contributed by atoms with Gasteiger partial charge in [0.15, 0.2) is 5.78 Å². The molecule has 0 aliphatic heterocycles. The van der Waals surface area contributed by atoms with E-state index in [-0.39, 0.29) is 11.7 Å². The van der Waals surface area contributed by atoms with Gasteiger partial charge in [-0.05, 0) is 30.2 Å². The summed E-state index contributed by atoms with van der Waals surface area (Å²) in [5.74, 6) is -0.0593. The number of hydrogen-bond donors (Lipinski definition) is 0. The number of Topliss-reactive ketones (excluding diaryl/α,β-unsaturated/α-hetero) is 1. The standard InChI is InChI=1S/C19H16OS/c1-14-12-13-17(21-14)19(20)18(15-8-4-2-5-9-15)16-10-6-3-7-11-16/h2-13,18H,1H3. The molecule has 0 saturated carbocycles. The number of carbonyl (C=O) groups excluding carboxylic acids is 1. The molecular formula is C19H16OS. The Labute approximate surface area is 128 Å². The summed E-state index contributed by atoms with van der Waals surface area (Å²) in [6.45, 7) is 2.03. The number of benzene rings is 2. The molecule has 2 heteroatoms. The highest BCUT2D eigenvalue weighted by Gasteiger charge is 2.24. The summed E-state index contributed by atoms with van der Waals surface area (Å²) in [6.07, 6.45) is 0. The molecule has 0 radical (unpaired) electrons. The van der Waals surface area contributed by atoms with Crippen LogP contribution >= 0.6 is 11.3 Å². The topological polar surface area (TPSA) is 17.1 Å². The van der Waals surface area contributed by atoms with E-state index < -0.39 is 0 Å². The summed E-state index contributed by atoms with van der Waals surface area (Å²) in [4.78, 5) is 15.0. The molecule has 104 valence electrons. The third-order valence-corrected chi connectivity index (χ3v) is 4.53. The Morgan fingerprint density at radius 1 is 0.810 bits per heavy atom. The molecule has 21 heavy (non-hydrogen) atoms. The van der Waals surface area contributed by atoms with E-state index in [1.807, 2.05) is 79.7 Å². The van der Waals surface area contributed by atoms with Gasteiger partial charge in [-0.15, -0.1) is 11.3 Å². The molecule has 1 aromatic heterocycles. The Bertz CT molecular complexity index is 689. The summed E-state index contributed by atoms with van der Waals surface area (Å²) in [7, 11) is 0. The van der Waals surface area contributed by atoms with Crippen molar-refractivity contribution in [3.05, 3.63) is 93.7 Å². The monoisotopic (exact) mass is 292 g/mol. The van der Waals surface area contributed by atoms with Crippen molar-refractivity contribution in [2.75, 3.05) is 0 Å². The summed E-state index contributed by atoms with van der Waals surface area (Å²) >= 11 is 1.56. The lowest BCUT2D eigenvalue weighted by Gasteiger charge is -2.16. The maximum Gasteiger partial charge on any atom is 0.184 e. The maximum absolute atomic E-state index is 13.0. The Morgan fingerprint density at radius 3 is 1.76 bits per heavy atom. The fourth-order valence-corrected chi connectivity index (χ4v) is 3.33. The highest BCUT2D eigenvalue weighted by atomic mass is 32.1. The van der Waals surface area contributed by atoms with E-state index in [2.05, 4.69) is 0 Å². The van der Waals surface area contributed by atoms with Crippen molar-refractivity contribution < 1.29 is 4.79 Å². The molecule has 0 aliphatic rings. The molecule has 0 unspecified atom stereocenters. The molecule has 0 aliphatic carbocycles. The van der Waals surface area contributed by atoms with E-state index in [9.17, 15) is 4.79 Å². The fraction of sp³-hybridized carbons (Fsp3) is 0.105. The molecule has 0 fully saturated rings. The van der Waals surface area contributed by atoms with Crippen molar-refractivity contribution in [3.63, 3.8) is 0 Å². The normalized spacial score (nSPS) is 10.8. The Kier molecular flexibility index (Phi) is 3.98. The zero-order valence-corrected chi connectivity index (χ0v) is 12.6. The van der Waals surface area contributed by atoms with Gasteiger partial charge in [0.25, 0.3) is 0 Å². The average molecular weight is 292 g/mol. The van der Waals surface area contributed by atoms with Crippen LogP contribution in [0.4, 0.5) is 0 Å². The largest absolute Gasteiger partial charge is 0.292 e. The molecule has 2 aromatic carbocycles. The lowest BCUT2D eigenvalue weighted by molar-refractivity contribution is 0.0978. The predicted octanol–water partition coefficient (Wildman–Crippen LogP) is 5.07. The smallest absolute Gasteiger partial charge is 0.184 e. The Hall–Kier alpha value is -2.19. The second-order valence-electron chi connectivity index (χ2n) is 5.03. The van der Waals surface area contributed by atoms with Gasteiger partial charge in [-0.2, -0.15) is 0 Å². The van der Waals surface area contributed by atoms with Gasteiger partial charge in [0.05, 0.1) is 10.8 Å². The minimum atomic E-state index is -0.231. The zero-order valence-electron chi connectivity index (χ0n) is 11.8. The number of rotatable bonds is 4. The van der Waals surface area contributed by atoms with E-state index in [1.165, 1.54) is 4.88 Å². The summed E-state index contributed by atoms with van der Waals surface area (Å²) in [5.41, 5.74) is 2.08. The van der Waals surface area contributed by atoms with Crippen LogP contribution in [0.1, 0.15) is 31.6 Å². The first-order chi connectivity index (χ1) is 10.3. The van der Waals surface area contributed by atoms with Gasteiger partial charge in [-0.1, -0.05) is 60.7 Å². The van der Waals surface area contributed by atoms with Crippen LogP contribution in [0.15, 0.2) is 72.8 Å². The van der Waals surface area contributed by atoms with E-state index >= 15 is 0 Å². The van der Waals surface area contributed by atoms with Gasteiger partial charge in [-0.25, -0.2) is 0 Å². The van der Waals surface area contributed by atoms with E-state index in [4.69, 9.17) is 0 Å². The minimum Gasteiger partial charge on any atom is -0.292 e. The van der Waals surface area contributed by atoms with Crippen molar-refractivity contribution in [1.29, 1.82) is 0 Å². The van der Waals surface area contributed by atoms with Crippen molar-refractivity contribution in [1.82, 2.24) is 0 Å². The number of carbonyl (C=O) groups is 1. The van der Waals surface area contributed by atoms with Crippen molar-refractivity contribution in [2.45, 2.75) is 12.8 Å². The average Bonchev–Trinajstić information content (AvgIpc) is 2.96. The highest BCUT2D eigenvalue weighted by molar-refractivity contribution is 7.14. The van der Waals surface area contributed by atoms with Gasteiger partial charge >= 0.3 is 0 Å². The van der Waals surface area contributed by atoms with E-state index in [0.717, 1.165) is 16.0 Å². The third-order valence-electron chi connectivity index (χ3n) is 3.51. The molecule has 1 heterocycles.